The van der Waals surface area contributed by atoms with Crippen LogP contribution in [0.1, 0.15) is 12.5 Å². The first-order chi connectivity index (χ1) is 10.9. The molecule has 0 aliphatic heterocycles. The normalized spacial score (nSPS) is 11.4. The number of nitrogens with zero attached hydrogens (tertiary/aromatic N) is 1. The lowest BCUT2D eigenvalue weighted by molar-refractivity contribution is -0.122. The van der Waals surface area contributed by atoms with E-state index in [-0.39, 0.29) is 16.5 Å². The average Bonchev–Trinajstić information content (AvgIpc) is 2.51. The highest BCUT2D eigenvalue weighted by molar-refractivity contribution is 9.10. The summed E-state index contributed by atoms with van der Waals surface area (Å²) < 4.78 is 19.7. The second-order valence-electron chi connectivity index (χ2n) is 4.63. The van der Waals surface area contributed by atoms with Crippen molar-refractivity contribution in [3.63, 3.8) is 0 Å². The summed E-state index contributed by atoms with van der Waals surface area (Å²) in [5, 5.41) is 11.4. The van der Waals surface area contributed by atoms with Crippen molar-refractivity contribution in [1.29, 1.82) is 5.26 Å². The minimum absolute atomic E-state index is 0.0552. The van der Waals surface area contributed by atoms with Crippen molar-refractivity contribution < 1.29 is 13.9 Å². The number of hydrogen-bond donors (Lipinski definition) is 1. The minimum Gasteiger partial charge on any atom is -0.479 e. The Labute approximate surface area is 146 Å². The lowest BCUT2D eigenvalue weighted by Gasteiger charge is -2.16. The van der Waals surface area contributed by atoms with Gasteiger partial charge in [-0.25, -0.2) is 4.39 Å². The number of benzene rings is 2. The number of nitrogens with one attached hydrogen (secondary N) is 1. The molecule has 0 aliphatic rings. The fourth-order valence-electron chi connectivity index (χ4n) is 1.74. The van der Waals surface area contributed by atoms with Crippen molar-refractivity contribution >= 4 is 39.1 Å². The van der Waals surface area contributed by atoms with Gasteiger partial charge in [0.1, 0.15) is 11.6 Å². The van der Waals surface area contributed by atoms with Crippen molar-refractivity contribution in [3.8, 4) is 11.8 Å². The van der Waals surface area contributed by atoms with Crippen molar-refractivity contribution in [2.24, 2.45) is 0 Å². The van der Waals surface area contributed by atoms with Crippen LogP contribution in [0.5, 0.6) is 5.75 Å². The highest BCUT2D eigenvalue weighted by atomic mass is 79.9. The molecule has 1 atom stereocenters. The first-order valence-electron chi connectivity index (χ1n) is 6.53. The van der Waals surface area contributed by atoms with Crippen LogP contribution in [0, 0.1) is 17.1 Å². The third-order valence-corrected chi connectivity index (χ3v) is 3.71. The summed E-state index contributed by atoms with van der Waals surface area (Å²) in [5.74, 6) is -0.812. The van der Waals surface area contributed by atoms with Crippen LogP contribution in [0.15, 0.2) is 40.9 Å². The minimum atomic E-state index is -0.900. The van der Waals surface area contributed by atoms with E-state index < -0.39 is 17.8 Å². The van der Waals surface area contributed by atoms with E-state index in [4.69, 9.17) is 21.6 Å². The van der Waals surface area contributed by atoms with Crippen molar-refractivity contribution in [2.45, 2.75) is 13.0 Å². The summed E-state index contributed by atoms with van der Waals surface area (Å²) in [4.78, 5) is 12.1. The molecule has 0 aromatic heterocycles. The van der Waals surface area contributed by atoms with E-state index in [0.717, 1.165) is 0 Å². The van der Waals surface area contributed by atoms with E-state index in [1.165, 1.54) is 37.3 Å². The van der Waals surface area contributed by atoms with Crippen LogP contribution in [0.25, 0.3) is 0 Å². The number of hydrogen-bond acceptors (Lipinski definition) is 3. The van der Waals surface area contributed by atoms with E-state index >= 15 is 0 Å². The fraction of sp³-hybridized carbons (Fsp3) is 0.125. The molecule has 1 amide bonds. The zero-order chi connectivity index (χ0) is 17.0. The summed E-state index contributed by atoms with van der Waals surface area (Å²) in [5.41, 5.74) is 0.441. The van der Waals surface area contributed by atoms with Crippen LogP contribution in [-0.4, -0.2) is 12.0 Å². The molecule has 0 saturated carbocycles. The summed E-state index contributed by atoms with van der Waals surface area (Å²) in [6.45, 7) is 1.51. The Morgan fingerprint density at radius 3 is 2.74 bits per heavy atom. The number of rotatable bonds is 4. The van der Waals surface area contributed by atoms with Crippen molar-refractivity contribution in [2.75, 3.05) is 5.32 Å². The lowest BCUT2D eigenvalue weighted by Crippen LogP contribution is -2.30. The van der Waals surface area contributed by atoms with Gasteiger partial charge in [0.15, 0.2) is 6.10 Å². The quantitative estimate of drug-likeness (QED) is 0.825. The standard InChI is InChI=1S/C16H11BrClFN2O2/c1-9(23-15-5-2-10(8-20)6-12(15)18)16(22)21-14-4-3-11(17)7-13(14)19/h2-7,9H,1H3,(H,21,22)/t9-/m1/s1. The summed E-state index contributed by atoms with van der Waals surface area (Å²) in [6.07, 6.45) is -0.900. The second kappa shape index (κ2) is 7.44. The lowest BCUT2D eigenvalue weighted by atomic mass is 10.2. The van der Waals surface area contributed by atoms with Gasteiger partial charge in [-0.2, -0.15) is 5.26 Å². The number of carbonyl (C=O) groups excluding carboxylic acids is 1. The summed E-state index contributed by atoms with van der Waals surface area (Å²) in [7, 11) is 0. The number of amides is 1. The van der Waals surface area contributed by atoms with Gasteiger partial charge < -0.3 is 10.1 Å². The maximum absolute atomic E-state index is 13.7. The van der Waals surface area contributed by atoms with Crippen LogP contribution in [-0.2, 0) is 4.79 Å². The van der Waals surface area contributed by atoms with Gasteiger partial charge in [0, 0.05) is 4.47 Å². The van der Waals surface area contributed by atoms with E-state index in [1.54, 1.807) is 6.07 Å². The van der Waals surface area contributed by atoms with Crippen LogP contribution in [0.2, 0.25) is 5.02 Å². The van der Waals surface area contributed by atoms with Crippen LogP contribution in [0.4, 0.5) is 10.1 Å². The van der Waals surface area contributed by atoms with Gasteiger partial charge in [0.05, 0.1) is 22.3 Å². The molecule has 4 nitrogen and oxygen atoms in total. The molecule has 0 fully saturated rings. The second-order valence-corrected chi connectivity index (χ2v) is 5.95. The van der Waals surface area contributed by atoms with Gasteiger partial charge in [-0.05, 0) is 43.3 Å². The molecular formula is C16H11BrClFN2O2. The molecule has 118 valence electrons. The first-order valence-corrected chi connectivity index (χ1v) is 7.70. The van der Waals surface area contributed by atoms with Gasteiger partial charge >= 0.3 is 0 Å². The smallest absolute Gasteiger partial charge is 0.265 e. The van der Waals surface area contributed by atoms with E-state index in [2.05, 4.69) is 21.2 Å². The number of ether oxygens (including phenoxy) is 1. The molecule has 1 N–H and O–H groups in total. The Bertz CT molecular complexity index is 792. The zero-order valence-corrected chi connectivity index (χ0v) is 14.3. The highest BCUT2D eigenvalue weighted by Crippen LogP contribution is 2.26. The number of anilines is 1. The number of carbonyl (C=O) groups is 1. The molecule has 0 aliphatic carbocycles. The molecule has 2 aromatic rings. The third-order valence-electron chi connectivity index (χ3n) is 2.92. The molecule has 0 unspecified atom stereocenters. The van der Waals surface area contributed by atoms with Gasteiger partial charge in [-0.15, -0.1) is 0 Å². The topological polar surface area (TPSA) is 62.1 Å². The Morgan fingerprint density at radius 1 is 1.39 bits per heavy atom. The molecule has 7 heteroatoms. The number of nitriles is 1. The van der Waals surface area contributed by atoms with Gasteiger partial charge in [-0.3, -0.25) is 4.79 Å². The van der Waals surface area contributed by atoms with Gasteiger partial charge in [0.2, 0.25) is 0 Å². The summed E-state index contributed by atoms with van der Waals surface area (Å²) in [6, 6.07) is 10.7. The average molecular weight is 398 g/mol. The molecule has 0 bridgehead atoms. The fourth-order valence-corrected chi connectivity index (χ4v) is 2.29. The molecule has 0 spiro atoms. The predicted octanol–water partition coefficient (Wildman–Crippen LogP) is 4.52. The highest BCUT2D eigenvalue weighted by Gasteiger charge is 2.18. The van der Waals surface area contributed by atoms with Crippen LogP contribution < -0.4 is 10.1 Å². The van der Waals surface area contributed by atoms with Crippen molar-refractivity contribution in [1.82, 2.24) is 0 Å². The Balaban J connectivity index is 2.07. The SMILES string of the molecule is C[C@@H](Oc1ccc(C#N)cc1Cl)C(=O)Nc1ccc(Br)cc1F. The summed E-state index contributed by atoms with van der Waals surface area (Å²) >= 11 is 9.13. The Kier molecular flexibility index (Phi) is 5.59. The van der Waals surface area contributed by atoms with Gasteiger partial charge in [0.25, 0.3) is 5.91 Å². The maximum atomic E-state index is 13.7. The molecular weight excluding hydrogens is 387 g/mol. The van der Waals surface area contributed by atoms with Gasteiger partial charge in [-0.1, -0.05) is 27.5 Å². The Hall–Kier alpha value is -2.10. The van der Waals surface area contributed by atoms with E-state index in [9.17, 15) is 9.18 Å². The predicted molar refractivity (Wildman–Crippen MR) is 89.0 cm³/mol. The molecule has 2 aromatic carbocycles. The first kappa shape index (κ1) is 17.3. The molecule has 23 heavy (non-hydrogen) atoms. The molecule has 0 radical (unpaired) electrons. The van der Waals surface area contributed by atoms with Crippen LogP contribution >= 0.6 is 27.5 Å². The monoisotopic (exact) mass is 396 g/mol. The van der Waals surface area contributed by atoms with Crippen LogP contribution in [0.3, 0.4) is 0 Å². The maximum Gasteiger partial charge on any atom is 0.265 e. The number of halogens is 3. The third kappa shape index (κ3) is 4.44. The van der Waals surface area contributed by atoms with E-state index in [0.29, 0.717) is 10.0 Å². The molecule has 0 heterocycles. The molecule has 2 rings (SSSR count). The largest absolute Gasteiger partial charge is 0.479 e. The Morgan fingerprint density at radius 2 is 2.13 bits per heavy atom. The zero-order valence-electron chi connectivity index (χ0n) is 11.9. The van der Waals surface area contributed by atoms with Crippen molar-refractivity contribution in [3.05, 3.63) is 57.3 Å². The molecule has 0 saturated heterocycles. The van der Waals surface area contributed by atoms with E-state index in [1.807, 2.05) is 6.07 Å².